The maximum absolute atomic E-state index is 12.3. The van der Waals surface area contributed by atoms with Gasteiger partial charge < -0.3 is 14.6 Å². The number of methoxy groups -OCH3 is 1. The topological polar surface area (TPSA) is 56.1 Å². The zero-order valence-electron chi connectivity index (χ0n) is 12.5. The lowest BCUT2D eigenvalue weighted by atomic mass is 10.1. The number of carbonyl (C=O) groups excluding carboxylic acids is 1. The molecule has 0 unspecified atom stereocenters. The summed E-state index contributed by atoms with van der Waals surface area (Å²) < 4.78 is 7.07. The lowest BCUT2D eigenvalue weighted by Gasteiger charge is -2.11. The largest absolute Gasteiger partial charge is 0.383 e. The highest BCUT2D eigenvalue weighted by atomic mass is 32.2. The van der Waals surface area contributed by atoms with E-state index < -0.39 is 0 Å². The number of hydrogen-bond donors (Lipinski definition) is 1. The minimum atomic E-state index is -0.0345. The van der Waals surface area contributed by atoms with E-state index in [4.69, 9.17) is 4.74 Å². The first kappa shape index (κ1) is 15.1. The molecule has 5 nitrogen and oxygen atoms in total. The normalized spacial score (nSPS) is 16.5. The predicted octanol–water partition coefficient (Wildman–Crippen LogP) is 1.86. The van der Waals surface area contributed by atoms with Gasteiger partial charge in [0.05, 0.1) is 30.4 Å². The Kier molecular flexibility index (Phi) is 4.80. The first-order chi connectivity index (χ1) is 10.8. The summed E-state index contributed by atoms with van der Waals surface area (Å²) in [7, 11) is 1.67. The van der Waals surface area contributed by atoms with E-state index in [1.54, 1.807) is 31.4 Å². The Bertz CT molecular complexity index is 631. The summed E-state index contributed by atoms with van der Waals surface area (Å²) in [5.74, 6) is 0.0840. The molecule has 2 aromatic rings. The van der Waals surface area contributed by atoms with Crippen molar-refractivity contribution < 1.29 is 9.53 Å². The Morgan fingerprint density at radius 2 is 2.36 bits per heavy atom. The smallest absolute Gasteiger partial charge is 0.234 e. The molecule has 1 aromatic heterocycles. The van der Waals surface area contributed by atoms with Crippen molar-refractivity contribution in [1.29, 1.82) is 0 Å². The van der Waals surface area contributed by atoms with E-state index in [2.05, 4.69) is 22.4 Å². The van der Waals surface area contributed by atoms with Crippen LogP contribution in [0.2, 0.25) is 0 Å². The summed E-state index contributed by atoms with van der Waals surface area (Å²) in [5.41, 5.74) is 2.25. The number of nitrogens with one attached hydrogen (secondary N) is 1. The Labute approximate surface area is 134 Å². The lowest BCUT2D eigenvalue weighted by Crippen LogP contribution is -2.32. The molecule has 0 aliphatic carbocycles. The second-order valence-corrected chi connectivity index (χ2v) is 6.45. The highest BCUT2D eigenvalue weighted by Gasteiger charge is 2.27. The van der Waals surface area contributed by atoms with E-state index in [-0.39, 0.29) is 11.2 Å². The standard InChI is InChI=1S/C16H19N3O2S/c1-21-7-6-19-11-17-9-13(19)10-18-16(20)15-8-12-4-2-3-5-14(12)22-15/h2-5,9,11,15H,6-8,10H2,1H3,(H,18,20)/t15-/m0/s1. The molecular weight excluding hydrogens is 298 g/mol. The van der Waals surface area contributed by atoms with Crippen molar-refractivity contribution in [2.45, 2.75) is 29.7 Å². The van der Waals surface area contributed by atoms with Crippen molar-refractivity contribution in [2.24, 2.45) is 0 Å². The highest BCUT2D eigenvalue weighted by Crippen LogP contribution is 2.36. The van der Waals surface area contributed by atoms with Gasteiger partial charge in [0.1, 0.15) is 0 Å². The van der Waals surface area contributed by atoms with Crippen LogP contribution in [0.5, 0.6) is 0 Å². The second-order valence-electron chi connectivity index (χ2n) is 5.21. The molecule has 6 heteroatoms. The first-order valence-electron chi connectivity index (χ1n) is 7.28. The van der Waals surface area contributed by atoms with Crippen LogP contribution in [0.1, 0.15) is 11.3 Å². The molecule has 0 bridgehead atoms. The molecule has 0 fully saturated rings. The maximum atomic E-state index is 12.3. The van der Waals surface area contributed by atoms with Crippen molar-refractivity contribution in [2.75, 3.05) is 13.7 Å². The van der Waals surface area contributed by atoms with Crippen LogP contribution in [0.15, 0.2) is 41.7 Å². The Balaban J connectivity index is 1.54. The SMILES string of the molecule is COCCn1cncc1CNC(=O)[C@@H]1Cc2ccccc2S1. The molecule has 116 valence electrons. The van der Waals surface area contributed by atoms with Crippen molar-refractivity contribution in [3.8, 4) is 0 Å². The molecule has 1 aliphatic rings. The van der Waals surface area contributed by atoms with Gasteiger partial charge in [0.15, 0.2) is 0 Å². The Morgan fingerprint density at radius 1 is 1.50 bits per heavy atom. The van der Waals surface area contributed by atoms with Crippen LogP contribution in [0.3, 0.4) is 0 Å². The van der Waals surface area contributed by atoms with Gasteiger partial charge in [-0.25, -0.2) is 4.98 Å². The van der Waals surface area contributed by atoms with Crippen LogP contribution in [0.4, 0.5) is 0 Å². The third-order valence-electron chi connectivity index (χ3n) is 3.72. The van der Waals surface area contributed by atoms with Crippen LogP contribution < -0.4 is 5.32 Å². The number of thioether (sulfide) groups is 1. The molecule has 0 saturated carbocycles. The van der Waals surface area contributed by atoms with Crippen LogP contribution in [-0.2, 0) is 29.0 Å². The van der Waals surface area contributed by atoms with Gasteiger partial charge in [-0.15, -0.1) is 11.8 Å². The molecule has 1 N–H and O–H groups in total. The summed E-state index contributed by atoms with van der Waals surface area (Å²) in [5, 5.41) is 2.98. The van der Waals surface area contributed by atoms with E-state index in [1.165, 1.54) is 10.5 Å². The molecule has 1 amide bonds. The second kappa shape index (κ2) is 6.98. The fourth-order valence-electron chi connectivity index (χ4n) is 2.51. The molecule has 1 aliphatic heterocycles. The lowest BCUT2D eigenvalue weighted by molar-refractivity contribution is -0.120. The van der Waals surface area contributed by atoms with Gasteiger partial charge in [0.2, 0.25) is 5.91 Å². The molecule has 22 heavy (non-hydrogen) atoms. The highest BCUT2D eigenvalue weighted by molar-refractivity contribution is 8.01. The van der Waals surface area contributed by atoms with E-state index in [1.807, 2.05) is 16.7 Å². The summed E-state index contributed by atoms with van der Waals surface area (Å²) >= 11 is 1.65. The molecule has 0 radical (unpaired) electrons. The van der Waals surface area contributed by atoms with Gasteiger partial charge in [-0.2, -0.15) is 0 Å². The molecule has 1 atom stereocenters. The number of benzene rings is 1. The van der Waals surface area contributed by atoms with E-state index in [0.29, 0.717) is 13.2 Å². The summed E-state index contributed by atoms with van der Waals surface area (Å²) in [6.45, 7) is 1.87. The minimum Gasteiger partial charge on any atom is -0.383 e. The van der Waals surface area contributed by atoms with Crippen molar-refractivity contribution >= 4 is 17.7 Å². The number of hydrogen-bond acceptors (Lipinski definition) is 4. The molecule has 2 heterocycles. The number of imidazole rings is 1. The van der Waals surface area contributed by atoms with Crippen molar-refractivity contribution in [1.82, 2.24) is 14.9 Å². The molecular formula is C16H19N3O2S. The van der Waals surface area contributed by atoms with Crippen LogP contribution in [0.25, 0.3) is 0 Å². The van der Waals surface area contributed by atoms with Crippen molar-refractivity contribution in [3.05, 3.63) is 48.0 Å². The van der Waals surface area contributed by atoms with E-state index >= 15 is 0 Å². The summed E-state index contributed by atoms with van der Waals surface area (Å²) in [6.07, 6.45) is 4.35. The van der Waals surface area contributed by atoms with Crippen molar-refractivity contribution in [3.63, 3.8) is 0 Å². The zero-order chi connectivity index (χ0) is 15.4. The fraction of sp³-hybridized carbons (Fsp3) is 0.375. The van der Waals surface area contributed by atoms with Gasteiger partial charge >= 0.3 is 0 Å². The average Bonchev–Trinajstić information content (AvgIpc) is 3.16. The summed E-state index contributed by atoms with van der Waals surface area (Å²) in [4.78, 5) is 17.7. The van der Waals surface area contributed by atoms with Crippen LogP contribution in [-0.4, -0.2) is 34.4 Å². The Morgan fingerprint density at radius 3 is 3.18 bits per heavy atom. The number of fused-ring (bicyclic) bond motifs is 1. The number of ether oxygens (including phenoxy) is 1. The van der Waals surface area contributed by atoms with E-state index in [0.717, 1.165) is 18.7 Å². The van der Waals surface area contributed by atoms with Gasteiger partial charge in [0, 0.05) is 24.7 Å². The van der Waals surface area contributed by atoms with Gasteiger partial charge in [-0.1, -0.05) is 18.2 Å². The number of rotatable bonds is 6. The number of aromatic nitrogens is 2. The third kappa shape index (κ3) is 3.34. The van der Waals surface area contributed by atoms with Crippen LogP contribution >= 0.6 is 11.8 Å². The number of nitrogens with zero attached hydrogens (tertiary/aromatic N) is 2. The predicted molar refractivity (Wildman–Crippen MR) is 85.7 cm³/mol. The summed E-state index contributed by atoms with van der Waals surface area (Å²) in [6, 6.07) is 8.21. The molecule has 1 aromatic carbocycles. The monoisotopic (exact) mass is 317 g/mol. The first-order valence-corrected chi connectivity index (χ1v) is 8.16. The minimum absolute atomic E-state index is 0.0345. The quantitative estimate of drug-likeness (QED) is 0.883. The number of amides is 1. The average molecular weight is 317 g/mol. The molecule has 0 spiro atoms. The maximum Gasteiger partial charge on any atom is 0.234 e. The fourth-order valence-corrected chi connectivity index (χ4v) is 3.73. The van der Waals surface area contributed by atoms with E-state index in [9.17, 15) is 4.79 Å². The Hall–Kier alpha value is -1.79. The molecule has 0 saturated heterocycles. The van der Waals surface area contributed by atoms with Gasteiger partial charge in [-0.3, -0.25) is 4.79 Å². The molecule has 3 rings (SSSR count). The van der Waals surface area contributed by atoms with Gasteiger partial charge in [0.25, 0.3) is 0 Å². The van der Waals surface area contributed by atoms with Gasteiger partial charge in [-0.05, 0) is 18.1 Å². The van der Waals surface area contributed by atoms with Crippen LogP contribution in [0, 0.1) is 0 Å². The third-order valence-corrected chi connectivity index (χ3v) is 5.04. The number of carbonyl (C=O) groups is 1. The zero-order valence-corrected chi connectivity index (χ0v) is 13.3.